The Hall–Kier alpha value is -1.66. The number of aromatic amines is 2. The zero-order valence-corrected chi connectivity index (χ0v) is 9.65. The normalized spacial score (nSPS) is 11.0. The summed E-state index contributed by atoms with van der Waals surface area (Å²) in [7, 11) is 0. The summed E-state index contributed by atoms with van der Waals surface area (Å²) in [5.74, 6) is 0. The van der Waals surface area contributed by atoms with Crippen LogP contribution in [0.2, 0.25) is 0 Å². The van der Waals surface area contributed by atoms with Gasteiger partial charge >= 0.3 is 0 Å². The lowest BCUT2D eigenvalue weighted by molar-refractivity contribution is 1.13. The Bertz CT molecular complexity index is 803. The summed E-state index contributed by atoms with van der Waals surface area (Å²) in [6, 6.07) is 7.64. The molecule has 0 saturated heterocycles. The molecule has 0 fully saturated rings. The molecule has 3 rings (SSSR count). The molecular weight excluding hydrogens is 240 g/mol. The molecule has 2 aromatic heterocycles. The van der Waals surface area contributed by atoms with Crippen LogP contribution in [0.4, 0.5) is 0 Å². The number of nitrogens with zero attached hydrogens (tertiary/aromatic N) is 2. The van der Waals surface area contributed by atoms with Crippen LogP contribution < -0.4 is 0 Å². The first kappa shape index (κ1) is 9.56. The van der Waals surface area contributed by atoms with Crippen LogP contribution in [0.25, 0.3) is 22.2 Å². The van der Waals surface area contributed by atoms with Gasteiger partial charge in [-0.25, -0.2) is 9.97 Å². The number of fused-ring (bicyclic) bond motifs is 2. The first-order valence-corrected chi connectivity index (χ1v) is 5.45. The molecule has 2 N–H and O–H groups in total. The molecule has 16 heavy (non-hydrogen) atoms. The van der Waals surface area contributed by atoms with Crippen LogP contribution in [0, 0.1) is 9.41 Å². The van der Waals surface area contributed by atoms with E-state index in [1.54, 1.807) is 0 Å². The molecule has 2 heterocycles. The Morgan fingerprint density at radius 3 is 2.38 bits per heavy atom. The number of benzene rings is 1. The molecule has 0 aliphatic heterocycles. The Kier molecular flexibility index (Phi) is 2.05. The summed E-state index contributed by atoms with van der Waals surface area (Å²) < 4.78 is 0.971. The molecule has 0 atom stereocenters. The minimum Gasteiger partial charge on any atom is -0.322 e. The summed E-state index contributed by atoms with van der Waals surface area (Å²) >= 11 is 10.2. The molecule has 3 aromatic rings. The second-order valence-corrected chi connectivity index (χ2v) is 4.13. The maximum atomic E-state index is 5.16. The van der Waals surface area contributed by atoms with Crippen molar-refractivity contribution in [3.05, 3.63) is 33.7 Å². The Morgan fingerprint density at radius 1 is 0.938 bits per heavy atom. The molecule has 0 unspecified atom stereocenters. The topological polar surface area (TPSA) is 57.4 Å². The van der Waals surface area contributed by atoms with Crippen molar-refractivity contribution in [1.82, 2.24) is 19.9 Å². The van der Waals surface area contributed by atoms with Crippen molar-refractivity contribution in [2.75, 3.05) is 0 Å². The molecule has 0 amide bonds. The zero-order chi connectivity index (χ0) is 11.1. The molecule has 1 aromatic carbocycles. The van der Waals surface area contributed by atoms with Crippen LogP contribution in [0.15, 0.2) is 24.3 Å². The van der Waals surface area contributed by atoms with E-state index in [2.05, 4.69) is 19.9 Å². The molecule has 0 aliphatic rings. The van der Waals surface area contributed by atoms with Gasteiger partial charge in [-0.15, -0.1) is 0 Å². The van der Waals surface area contributed by atoms with Gasteiger partial charge in [-0.2, -0.15) is 0 Å². The lowest BCUT2D eigenvalue weighted by Crippen LogP contribution is -1.93. The van der Waals surface area contributed by atoms with Crippen LogP contribution >= 0.6 is 24.4 Å². The van der Waals surface area contributed by atoms with Gasteiger partial charge in [0.05, 0.1) is 11.0 Å². The Balaban J connectivity index is 2.61. The molecule has 0 aliphatic carbocycles. The fourth-order valence-electron chi connectivity index (χ4n) is 1.55. The lowest BCUT2D eigenvalue weighted by atomic mass is 10.3. The highest BCUT2D eigenvalue weighted by atomic mass is 32.1. The molecule has 0 radical (unpaired) electrons. The Morgan fingerprint density at radius 2 is 1.62 bits per heavy atom. The molecule has 4 nitrogen and oxygen atoms in total. The van der Waals surface area contributed by atoms with Gasteiger partial charge < -0.3 is 9.97 Å². The second kappa shape index (κ2) is 3.43. The Labute approximate surface area is 100 Å². The first-order chi connectivity index (χ1) is 7.74. The van der Waals surface area contributed by atoms with Crippen molar-refractivity contribution in [2.24, 2.45) is 0 Å². The SMILES string of the molecule is S=c1[nH]c(=S)c2nc3ccccc3nc2[nH]1. The summed E-state index contributed by atoms with van der Waals surface area (Å²) in [4.78, 5) is 14.7. The van der Waals surface area contributed by atoms with E-state index >= 15 is 0 Å². The van der Waals surface area contributed by atoms with E-state index in [1.165, 1.54) is 0 Å². The predicted octanol–water partition coefficient (Wildman–Crippen LogP) is 2.90. The predicted molar refractivity (Wildman–Crippen MR) is 67.4 cm³/mol. The third-order valence-corrected chi connectivity index (χ3v) is 2.74. The van der Waals surface area contributed by atoms with Crippen LogP contribution in [-0.2, 0) is 0 Å². The number of nitrogens with one attached hydrogen (secondary N) is 2. The number of aromatic nitrogens is 4. The molecular formula is C10H6N4S2. The average Bonchev–Trinajstić information content (AvgIpc) is 2.27. The van der Waals surface area contributed by atoms with Gasteiger partial charge in [0, 0.05) is 0 Å². The van der Waals surface area contributed by atoms with E-state index in [9.17, 15) is 0 Å². The van der Waals surface area contributed by atoms with E-state index < -0.39 is 0 Å². The molecule has 0 bridgehead atoms. The number of hydrogen-bond donors (Lipinski definition) is 2. The summed E-state index contributed by atoms with van der Waals surface area (Å²) in [5, 5.41) is 0. The van der Waals surface area contributed by atoms with Gasteiger partial charge in [0.1, 0.15) is 10.2 Å². The van der Waals surface area contributed by atoms with Crippen molar-refractivity contribution >= 4 is 46.6 Å². The van der Waals surface area contributed by atoms with Crippen LogP contribution in [0.1, 0.15) is 0 Å². The van der Waals surface area contributed by atoms with Gasteiger partial charge in [-0.3, -0.25) is 0 Å². The minimum atomic E-state index is 0.460. The summed E-state index contributed by atoms with van der Waals surface area (Å²) in [5.41, 5.74) is 2.90. The minimum absolute atomic E-state index is 0.460. The van der Waals surface area contributed by atoms with Crippen molar-refractivity contribution in [3.63, 3.8) is 0 Å². The van der Waals surface area contributed by atoms with Gasteiger partial charge in [0.25, 0.3) is 0 Å². The second-order valence-electron chi connectivity index (χ2n) is 3.32. The van der Waals surface area contributed by atoms with E-state index in [1.807, 2.05) is 24.3 Å². The monoisotopic (exact) mass is 246 g/mol. The van der Waals surface area contributed by atoms with Gasteiger partial charge in [-0.1, -0.05) is 24.4 Å². The fourth-order valence-corrected chi connectivity index (χ4v) is 2.05. The van der Waals surface area contributed by atoms with Gasteiger partial charge in [0.2, 0.25) is 0 Å². The standard InChI is InChI=1S/C10H6N4S2/c15-9-7-8(13-10(16)14-9)12-6-4-2-1-3-5(6)11-7/h1-4H,(H2,12,13,14,15,16). The number of para-hydroxylation sites is 2. The zero-order valence-electron chi connectivity index (χ0n) is 8.02. The average molecular weight is 246 g/mol. The molecule has 6 heteroatoms. The smallest absolute Gasteiger partial charge is 0.177 e. The van der Waals surface area contributed by atoms with Crippen LogP contribution in [0.5, 0.6) is 0 Å². The first-order valence-electron chi connectivity index (χ1n) is 4.63. The van der Waals surface area contributed by atoms with Crippen molar-refractivity contribution in [3.8, 4) is 0 Å². The summed E-state index contributed by atoms with van der Waals surface area (Å²) in [6.45, 7) is 0. The van der Waals surface area contributed by atoms with Crippen LogP contribution in [-0.4, -0.2) is 19.9 Å². The quantitative estimate of drug-likeness (QED) is 0.473. The number of hydrogen-bond acceptors (Lipinski definition) is 4. The van der Waals surface area contributed by atoms with E-state index in [-0.39, 0.29) is 0 Å². The van der Waals surface area contributed by atoms with E-state index in [4.69, 9.17) is 24.4 Å². The van der Waals surface area contributed by atoms with E-state index in [0.29, 0.717) is 20.6 Å². The maximum Gasteiger partial charge on any atom is 0.177 e. The highest BCUT2D eigenvalue weighted by Crippen LogP contribution is 2.13. The van der Waals surface area contributed by atoms with Crippen molar-refractivity contribution < 1.29 is 0 Å². The van der Waals surface area contributed by atoms with Gasteiger partial charge in [-0.05, 0) is 24.4 Å². The summed E-state index contributed by atoms with van der Waals surface area (Å²) in [6.07, 6.45) is 0. The molecule has 0 saturated carbocycles. The van der Waals surface area contributed by atoms with Crippen molar-refractivity contribution in [2.45, 2.75) is 0 Å². The largest absolute Gasteiger partial charge is 0.322 e. The lowest BCUT2D eigenvalue weighted by Gasteiger charge is -2.00. The van der Waals surface area contributed by atoms with Crippen molar-refractivity contribution in [1.29, 1.82) is 0 Å². The molecule has 0 spiro atoms. The third-order valence-electron chi connectivity index (χ3n) is 2.24. The molecule has 78 valence electrons. The van der Waals surface area contributed by atoms with Gasteiger partial charge in [0.15, 0.2) is 10.4 Å². The fraction of sp³-hybridized carbons (Fsp3) is 0. The highest BCUT2D eigenvalue weighted by Gasteiger charge is 2.02. The number of rotatable bonds is 0. The van der Waals surface area contributed by atoms with Crippen LogP contribution in [0.3, 0.4) is 0 Å². The number of H-pyrrole nitrogens is 2. The maximum absolute atomic E-state index is 5.16. The highest BCUT2D eigenvalue weighted by molar-refractivity contribution is 7.72. The third kappa shape index (κ3) is 1.43. The van der Waals surface area contributed by atoms with E-state index in [0.717, 1.165) is 11.0 Å².